The van der Waals surface area contributed by atoms with E-state index < -0.39 is 0 Å². The number of ether oxygens (including phenoxy) is 1. The van der Waals surface area contributed by atoms with Gasteiger partial charge >= 0.3 is 0 Å². The van der Waals surface area contributed by atoms with E-state index >= 15 is 0 Å². The van der Waals surface area contributed by atoms with Crippen LogP contribution in [0.15, 0.2) is 36.4 Å². The van der Waals surface area contributed by atoms with Gasteiger partial charge in [0.1, 0.15) is 16.5 Å². The van der Waals surface area contributed by atoms with Crippen molar-refractivity contribution in [1.82, 2.24) is 5.32 Å². The molecule has 0 aliphatic heterocycles. The molecule has 0 radical (unpaired) electrons. The van der Waals surface area contributed by atoms with Gasteiger partial charge in [-0.3, -0.25) is 0 Å². The molecule has 0 heterocycles. The molecular weight excluding hydrogens is 293 g/mol. The van der Waals surface area contributed by atoms with Gasteiger partial charge in [-0.25, -0.2) is 0 Å². The molecule has 0 aliphatic rings. The number of rotatable bonds is 5. The number of benzene rings is 2. The van der Waals surface area contributed by atoms with E-state index in [0.29, 0.717) is 15.8 Å². The van der Waals surface area contributed by atoms with Gasteiger partial charge in [0.25, 0.3) is 0 Å². The number of halogens is 2. The molecule has 0 fully saturated rings. The molecule has 4 heteroatoms. The zero-order valence-electron chi connectivity index (χ0n) is 11.5. The zero-order valence-corrected chi connectivity index (χ0v) is 13.1. The van der Waals surface area contributed by atoms with Crippen LogP contribution in [-0.4, -0.2) is 6.54 Å². The summed E-state index contributed by atoms with van der Waals surface area (Å²) >= 11 is 12.1. The third-order valence-electron chi connectivity index (χ3n) is 2.95. The van der Waals surface area contributed by atoms with E-state index in [1.54, 1.807) is 12.1 Å². The van der Waals surface area contributed by atoms with Gasteiger partial charge in [0, 0.05) is 6.54 Å². The van der Waals surface area contributed by atoms with Crippen LogP contribution in [0.5, 0.6) is 11.5 Å². The van der Waals surface area contributed by atoms with Gasteiger partial charge < -0.3 is 10.1 Å². The minimum Gasteiger partial charge on any atom is -0.455 e. The van der Waals surface area contributed by atoms with Crippen LogP contribution in [0.4, 0.5) is 0 Å². The second-order valence-electron chi connectivity index (χ2n) is 4.53. The predicted molar refractivity (Wildman–Crippen MR) is 85.1 cm³/mol. The summed E-state index contributed by atoms with van der Waals surface area (Å²) in [6.45, 7) is 5.92. The van der Waals surface area contributed by atoms with E-state index in [1.165, 1.54) is 5.56 Å². The quantitative estimate of drug-likeness (QED) is 0.819. The molecule has 0 unspecified atom stereocenters. The monoisotopic (exact) mass is 309 g/mol. The molecule has 2 rings (SSSR count). The Kier molecular flexibility index (Phi) is 5.30. The molecule has 2 aromatic rings. The molecule has 0 aliphatic carbocycles. The molecule has 2 nitrogen and oxygen atoms in total. The first-order valence-corrected chi connectivity index (χ1v) is 7.29. The summed E-state index contributed by atoms with van der Waals surface area (Å²) in [6.07, 6.45) is 0. The molecule has 0 saturated heterocycles. The van der Waals surface area contributed by atoms with Crippen LogP contribution in [-0.2, 0) is 6.54 Å². The van der Waals surface area contributed by atoms with Crippen molar-refractivity contribution in [3.05, 3.63) is 57.6 Å². The largest absolute Gasteiger partial charge is 0.455 e. The summed E-state index contributed by atoms with van der Waals surface area (Å²) in [4.78, 5) is 0. The lowest BCUT2D eigenvalue weighted by Gasteiger charge is -2.12. The summed E-state index contributed by atoms with van der Waals surface area (Å²) in [6, 6.07) is 11.5. The lowest BCUT2D eigenvalue weighted by molar-refractivity contribution is 0.479. The molecule has 0 spiro atoms. The van der Waals surface area contributed by atoms with Gasteiger partial charge in [0.15, 0.2) is 0 Å². The molecule has 0 atom stereocenters. The van der Waals surface area contributed by atoms with Crippen molar-refractivity contribution in [2.24, 2.45) is 0 Å². The zero-order chi connectivity index (χ0) is 14.5. The minimum absolute atomic E-state index is 0.435. The Labute approximate surface area is 129 Å². The minimum atomic E-state index is 0.435. The summed E-state index contributed by atoms with van der Waals surface area (Å²) in [5, 5.41) is 4.22. The Balaban J connectivity index is 2.19. The average molecular weight is 310 g/mol. The summed E-state index contributed by atoms with van der Waals surface area (Å²) in [5.41, 5.74) is 2.30. The third-order valence-corrected chi connectivity index (χ3v) is 3.76. The van der Waals surface area contributed by atoms with Crippen LogP contribution in [0.25, 0.3) is 0 Å². The molecule has 0 amide bonds. The Hall–Kier alpha value is -1.22. The van der Waals surface area contributed by atoms with Gasteiger partial charge in [0.2, 0.25) is 0 Å². The molecule has 106 valence electrons. The molecule has 1 N–H and O–H groups in total. The smallest absolute Gasteiger partial charge is 0.147 e. The highest BCUT2D eigenvalue weighted by molar-refractivity contribution is 6.42. The van der Waals surface area contributed by atoms with Crippen LogP contribution in [0.1, 0.15) is 18.1 Å². The van der Waals surface area contributed by atoms with Crippen LogP contribution in [0.2, 0.25) is 10.0 Å². The highest BCUT2D eigenvalue weighted by Gasteiger charge is 2.08. The highest BCUT2D eigenvalue weighted by atomic mass is 35.5. The first-order valence-electron chi connectivity index (χ1n) is 6.54. The SMILES string of the molecule is CCNCc1ccc(Oc2cccc(Cl)c2Cl)c(C)c1. The molecule has 0 saturated carbocycles. The fourth-order valence-electron chi connectivity index (χ4n) is 1.89. The van der Waals surface area contributed by atoms with E-state index in [4.69, 9.17) is 27.9 Å². The van der Waals surface area contributed by atoms with Crippen LogP contribution in [0.3, 0.4) is 0 Å². The Morgan fingerprint density at radius 3 is 2.60 bits per heavy atom. The van der Waals surface area contributed by atoms with Crippen molar-refractivity contribution in [1.29, 1.82) is 0 Å². The van der Waals surface area contributed by atoms with Crippen molar-refractivity contribution in [3.8, 4) is 11.5 Å². The third kappa shape index (κ3) is 3.66. The normalized spacial score (nSPS) is 10.6. The molecule has 2 aromatic carbocycles. The molecular formula is C16H17Cl2NO. The van der Waals surface area contributed by atoms with Gasteiger partial charge in [-0.15, -0.1) is 0 Å². The van der Waals surface area contributed by atoms with Gasteiger partial charge in [-0.2, -0.15) is 0 Å². The number of hydrogen-bond donors (Lipinski definition) is 1. The van der Waals surface area contributed by atoms with Gasteiger partial charge in [0.05, 0.1) is 5.02 Å². The van der Waals surface area contributed by atoms with E-state index in [-0.39, 0.29) is 0 Å². The van der Waals surface area contributed by atoms with Crippen molar-refractivity contribution in [2.45, 2.75) is 20.4 Å². The van der Waals surface area contributed by atoms with Crippen LogP contribution in [0, 0.1) is 6.92 Å². The van der Waals surface area contributed by atoms with Crippen molar-refractivity contribution in [2.75, 3.05) is 6.54 Å². The lowest BCUT2D eigenvalue weighted by atomic mass is 10.1. The molecule has 20 heavy (non-hydrogen) atoms. The number of hydrogen-bond acceptors (Lipinski definition) is 2. The summed E-state index contributed by atoms with van der Waals surface area (Å²) in [7, 11) is 0. The van der Waals surface area contributed by atoms with Gasteiger partial charge in [-0.1, -0.05) is 48.3 Å². The van der Waals surface area contributed by atoms with E-state index in [1.807, 2.05) is 25.1 Å². The van der Waals surface area contributed by atoms with Crippen LogP contribution >= 0.6 is 23.2 Å². The number of aryl methyl sites for hydroxylation is 1. The van der Waals surface area contributed by atoms with E-state index in [9.17, 15) is 0 Å². The van der Waals surface area contributed by atoms with Crippen LogP contribution < -0.4 is 10.1 Å². The first kappa shape index (κ1) is 15.2. The maximum absolute atomic E-state index is 6.13. The summed E-state index contributed by atoms with van der Waals surface area (Å²) in [5.74, 6) is 1.36. The van der Waals surface area contributed by atoms with Crippen molar-refractivity contribution in [3.63, 3.8) is 0 Å². The average Bonchev–Trinajstić information content (AvgIpc) is 2.44. The maximum atomic E-state index is 6.13. The fraction of sp³-hybridized carbons (Fsp3) is 0.250. The van der Waals surface area contributed by atoms with Gasteiger partial charge in [-0.05, 0) is 42.8 Å². The summed E-state index contributed by atoms with van der Waals surface area (Å²) < 4.78 is 5.84. The second-order valence-corrected chi connectivity index (χ2v) is 5.32. The topological polar surface area (TPSA) is 21.3 Å². The Morgan fingerprint density at radius 1 is 1.10 bits per heavy atom. The fourth-order valence-corrected chi connectivity index (χ4v) is 2.22. The Morgan fingerprint density at radius 2 is 1.90 bits per heavy atom. The molecule has 0 bridgehead atoms. The van der Waals surface area contributed by atoms with Crippen molar-refractivity contribution >= 4 is 23.2 Å². The first-order chi connectivity index (χ1) is 9.61. The van der Waals surface area contributed by atoms with Crippen molar-refractivity contribution < 1.29 is 4.74 Å². The second kappa shape index (κ2) is 6.98. The molecule has 0 aromatic heterocycles. The predicted octanol–water partition coefficient (Wildman–Crippen LogP) is 5.20. The van der Waals surface area contributed by atoms with E-state index in [0.717, 1.165) is 24.4 Å². The lowest BCUT2D eigenvalue weighted by Crippen LogP contribution is -2.11. The Bertz CT molecular complexity index is 599. The maximum Gasteiger partial charge on any atom is 0.147 e. The van der Waals surface area contributed by atoms with E-state index in [2.05, 4.69) is 18.3 Å². The number of nitrogens with one attached hydrogen (secondary N) is 1. The standard InChI is InChI=1S/C16H17Cl2NO/c1-3-19-10-12-7-8-14(11(2)9-12)20-15-6-4-5-13(17)16(15)18/h4-9,19H,3,10H2,1-2H3. The highest BCUT2D eigenvalue weighted by Crippen LogP contribution is 2.35.